The second-order valence-electron chi connectivity index (χ2n) is 10.6. The van der Waals surface area contributed by atoms with Gasteiger partial charge in [-0.3, -0.25) is 14.4 Å². The zero-order chi connectivity index (χ0) is 30.0. The zero-order valence-electron chi connectivity index (χ0n) is 23.5. The monoisotopic (exact) mass is 609 g/mol. The molecule has 1 aliphatic heterocycles. The average molecular weight is 611 g/mol. The van der Waals surface area contributed by atoms with Crippen molar-refractivity contribution in [2.24, 2.45) is 0 Å². The second kappa shape index (κ2) is 12.8. The van der Waals surface area contributed by atoms with Gasteiger partial charge in [-0.05, 0) is 62.8 Å². The van der Waals surface area contributed by atoms with E-state index in [0.29, 0.717) is 95.6 Å². The maximum Gasteiger partial charge on any atom is 0.323 e. The van der Waals surface area contributed by atoms with Crippen LogP contribution in [0.4, 0.5) is 0 Å². The van der Waals surface area contributed by atoms with Crippen molar-refractivity contribution in [3.05, 3.63) is 92.3 Å². The molecule has 2 aliphatic carbocycles. The Balaban J connectivity index is 1.66. The van der Waals surface area contributed by atoms with Gasteiger partial charge in [0.25, 0.3) is 0 Å². The summed E-state index contributed by atoms with van der Waals surface area (Å²) in [5.74, 6) is -0.700. The standard InChI is InChI=1S/C33H33Cl2NO6/c1-3-7-19-14-21(15-28(41-4-2)33(19)42-18-20-12-13-22(34)16-23(20)35)30-31-24(8-5-10-26(31)37)36(17-29(39)40)25-9-6-11-27(38)32(25)30/h3,12-16,30H,1,4-11,17-18H2,2H3,(H,39,40). The number of carboxylic acids is 1. The third-order valence-corrected chi connectivity index (χ3v) is 8.51. The molecule has 0 radical (unpaired) electrons. The van der Waals surface area contributed by atoms with Crippen molar-refractivity contribution < 1.29 is 29.0 Å². The van der Waals surface area contributed by atoms with Crippen LogP contribution in [0.25, 0.3) is 0 Å². The molecule has 0 amide bonds. The lowest BCUT2D eigenvalue weighted by molar-refractivity contribution is -0.138. The smallest absolute Gasteiger partial charge is 0.323 e. The van der Waals surface area contributed by atoms with Gasteiger partial charge in [-0.15, -0.1) is 6.58 Å². The molecule has 9 heteroatoms. The van der Waals surface area contributed by atoms with Crippen LogP contribution in [0.3, 0.4) is 0 Å². The summed E-state index contributed by atoms with van der Waals surface area (Å²) in [4.78, 5) is 40.8. The highest BCUT2D eigenvalue weighted by Gasteiger charge is 2.44. The number of benzene rings is 2. The Morgan fingerprint density at radius 3 is 2.24 bits per heavy atom. The zero-order valence-corrected chi connectivity index (χ0v) is 25.0. The molecule has 0 fully saturated rings. The van der Waals surface area contributed by atoms with E-state index in [1.807, 2.05) is 25.1 Å². The van der Waals surface area contributed by atoms with Gasteiger partial charge in [-0.25, -0.2) is 0 Å². The number of halogens is 2. The molecule has 0 unspecified atom stereocenters. The van der Waals surface area contributed by atoms with Crippen molar-refractivity contribution in [1.82, 2.24) is 4.90 Å². The quantitative estimate of drug-likeness (QED) is 0.285. The van der Waals surface area contributed by atoms with Crippen LogP contribution in [0.2, 0.25) is 10.0 Å². The Hall–Kier alpha value is -3.55. The van der Waals surface area contributed by atoms with Crippen LogP contribution in [-0.4, -0.2) is 40.7 Å². The van der Waals surface area contributed by atoms with Gasteiger partial charge in [0.1, 0.15) is 13.2 Å². The first-order valence-corrected chi connectivity index (χ1v) is 15.0. The van der Waals surface area contributed by atoms with E-state index in [-0.39, 0.29) is 24.7 Å². The van der Waals surface area contributed by atoms with Crippen LogP contribution in [0.15, 0.2) is 65.5 Å². The highest BCUT2D eigenvalue weighted by atomic mass is 35.5. The molecule has 0 bridgehead atoms. The number of carboxylic acid groups (broad SMARTS) is 1. The molecule has 0 saturated carbocycles. The first kappa shape index (κ1) is 29.9. The number of carbonyl (C=O) groups excluding carboxylic acids is 2. The minimum absolute atomic E-state index is 0.0532. The summed E-state index contributed by atoms with van der Waals surface area (Å²) in [5.41, 5.74) is 4.76. The predicted molar refractivity (Wildman–Crippen MR) is 161 cm³/mol. The number of allylic oxidation sites excluding steroid dienone is 5. The number of ether oxygens (including phenoxy) is 2. The summed E-state index contributed by atoms with van der Waals surface area (Å²) in [7, 11) is 0. The van der Waals surface area contributed by atoms with Gasteiger partial charge in [-0.2, -0.15) is 0 Å². The maximum absolute atomic E-state index is 13.6. The van der Waals surface area contributed by atoms with E-state index >= 15 is 0 Å². The van der Waals surface area contributed by atoms with Crippen molar-refractivity contribution >= 4 is 40.7 Å². The normalized spacial score (nSPS) is 17.3. The van der Waals surface area contributed by atoms with E-state index in [4.69, 9.17) is 32.7 Å². The lowest BCUT2D eigenvalue weighted by Gasteiger charge is -2.43. The van der Waals surface area contributed by atoms with Crippen molar-refractivity contribution in [2.75, 3.05) is 13.2 Å². The van der Waals surface area contributed by atoms with Crippen LogP contribution < -0.4 is 9.47 Å². The minimum Gasteiger partial charge on any atom is -0.490 e. The summed E-state index contributed by atoms with van der Waals surface area (Å²) in [5, 5.41) is 10.8. The van der Waals surface area contributed by atoms with Crippen LogP contribution in [-0.2, 0) is 27.4 Å². The first-order valence-electron chi connectivity index (χ1n) is 14.2. The molecule has 0 atom stereocenters. The molecular weight excluding hydrogens is 577 g/mol. The number of aliphatic carboxylic acids is 1. The molecule has 0 saturated heterocycles. The fraction of sp³-hybridized carbons (Fsp3) is 0.364. The number of Topliss-reactive ketones (excluding diaryl/α,β-unsaturated/α-hetero) is 2. The van der Waals surface area contributed by atoms with Gasteiger partial charge >= 0.3 is 5.97 Å². The van der Waals surface area contributed by atoms with Gasteiger partial charge in [0.05, 0.1) is 6.61 Å². The number of nitrogens with zero attached hydrogens (tertiary/aromatic N) is 1. The van der Waals surface area contributed by atoms with E-state index in [9.17, 15) is 19.5 Å². The number of carbonyl (C=O) groups is 3. The van der Waals surface area contributed by atoms with Crippen molar-refractivity contribution in [3.63, 3.8) is 0 Å². The third kappa shape index (κ3) is 5.86. The topological polar surface area (TPSA) is 93.1 Å². The lowest BCUT2D eigenvalue weighted by Crippen LogP contribution is -2.41. The molecule has 42 heavy (non-hydrogen) atoms. The fourth-order valence-electron chi connectivity index (χ4n) is 6.25. The summed E-state index contributed by atoms with van der Waals surface area (Å²) in [6.07, 6.45) is 5.37. The second-order valence-corrected chi connectivity index (χ2v) is 11.5. The number of hydrogen-bond donors (Lipinski definition) is 1. The molecule has 1 heterocycles. The predicted octanol–water partition coefficient (Wildman–Crippen LogP) is 7.20. The lowest BCUT2D eigenvalue weighted by atomic mass is 9.70. The van der Waals surface area contributed by atoms with Crippen LogP contribution in [0.5, 0.6) is 11.5 Å². The molecule has 0 spiro atoms. The SMILES string of the molecule is C=CCc1cc(C2C3=C(CCCC3=O)N(CC(=O)O)C3=C2C(=O)CCC3)cc(OCC)c1OCc1ccc(Cl)cc1Cl. The highest BCUT2D eigenvalue weighted by Crippen LogP contribution is 2.50. The Morgan fingerprint density at radius 2 is 1.67 bits per heavy atom. The van der Waals surface area contributed by atoms with Crippen LogP contribution in [0.1, 0.15) is 68.1 Å². The molecule has 5 rings (SSSR count). The third-order valence-electron chi connectivity index (χ3n) is 7.92. The first-order chi connectivity index (χ1) is 20.2. The average Bonchev–Trinajstić information content (AvgIpc) is 2.94. The van der Waals surface area contributed by atoms with Crippen LogP contribution >= 0.6 is 23.2 Å². The number of rotatable bonds is 10. The Kier molecular flexibility index (Phi) is 9.09. The van der Waals surface area contributed by atoms with E-state index in [0.717, 1.165) is 16.7 Å². The van der Waals surface area contributed by atoms with E-state index < -0.39 is 11.9 Å². The number of ketones is 2. The molecule has 7 nitrogen and oxygen atoms in total. The molecule has 3 aliphatic rings. The van der Waals surface area contributed by atoms with Gasteiger partial charge in [0, 0.05) is 62.5 Å². The maximum atomic E-state index is 13.6. The van der Waals surface area contributed by atoms with E-state index in [1.54, 1.807) is 23.1 Å². The summed E-state index contributed by atoms with van der Waals surface area (Å²) >= 11 is 12.5. The van der Waals surface area contributed by atoms with E-state index in [2.05, 4.69) is 6.58 Å². The Morgan fingerprint density at radius 1 is 1.00 bits per heavy atom. The molecule has 2 aromatic rings. The summed E-state index contributed by atoms with van der Waals surface area (Å²) in [6, 6.07) is 9.03. The molecular formula is C33H33Cl2NO6. The molecule has 2 aromatic carbocycles. The Bertz CT molecular complexity index is 1480. The minimum atomic E-state index is -1.00. The number of hydrogen-bond acceptors (Lipinski definition) is 6. The van der Waals surface area contributed by atoms with Gasteiger partial charge < -0.3 is 19.5 Å². The van der Waals surface area contributed by atoms with Gasteiger partial charge in [0.2, 0.25) is 0 Å². The summed E-state index contributed by atoms with van der Waals surface area (Å²) < 4.78 is 12.4. The van der Waals surface area contributed by atoms with Gasteiger partial charge in [0.15, 0.2) is 23.1 Å². The van der Waals surface area contributed by atoms with Crippen molar-refractivity contribution in [3.8, 4) is 11.5 Å². The largest absolute Gasteiger partial charge is 0.490 e. The fourth-order valence-corrected chi connectivity index (χ4v) is 6.71. The summed E-state index contributed by atoms with van der Waals surface area (Å²) in [6.45, 7) is 6.07. The van der Waals surface area contributed by atoms with Crippen molar-refractivity contribution in [2.45, 2.75) is 64.4 Å². The molecule has 220 valence electrons. The van der Waals surface area contributed by atoms with Crippen molar-refractivity contribution in [1.29, 1.82) is 0 Å². The molecule has 1 N–H and O–H groups in total. The van der Waals surface area contributed by atoms with Gasteiger partial charge in [-0.1, -0.05) is 41.4 Å². The van der Waals surface area contributed by atoms with Crippen LogP contribution in [0, 0.1) is 0 Å². The van der Waals surface area contributed by atoms with E-state index in [1.165, 1.54) is 0 Å². The highest BCUT2D eigenvalue weighted by molar-refractivity contribution is 6.35. The Labute approximate surface area is 255 Å². The molecule has 0 aromatic heterocycles.